The van der Waals surface area contributed by atoms with Crippen LogP contribution >= 0.6 is 25.3 Å². The molecule has 0 radical (unpaired) electrons. The Labute approximate surface area is 128 Å². The van der Waals surface area contributed by atoms with Crippen LogP contribution < -0.4 is 5.32 Å². The Hall–Kier alpha value is -1.79. The molecule has 2 aromatic carbocycles. The molecule has 0 fully saturated rings. The molecule has 2 aromatic rings. The van der Waals surface area contributed by atoms with Gasteiger partial charge in [-0.1, -0.05) is 12.1 Å². The van der Waals surface area contributed by atoms with Crippen molar-refractivity contribution in [1.82, 2.24) is 0 Å². The minimum absolute atomic E-state index is 0.150. The van der Waals surface area contributed by atoms with Crippen LogP contribution in [0.25, 0.3) is 0 Å². The summed E-state index contributed by atoms with van der Waals surface area (Å²) in [7, 11) is 0. The molecule has 0 aliphatic heterocycles. The van der Waals surface area contributed by atoms with Gasteiger partial charge in [0.15, 0.2) is 0 Å². The van der Waals surface area contributed by atoms with Gasteiger partial charge >= 0.3 is 0 Å². The van der Waals surface area contributed by atoms with Crippen molar-refractivity contribution in [3.63, 3.8) is 0 Å². The molecule has 0 bridgehead atoms. The molecular weight excluding hydrogens is 290 g/mol. The van der Waals surface area contributed by atoms with Crippen LogP contribution in [-0.4, -0.2) is 5.91 Å². The van der Waals surface area contributed by atoms with E-state index in [1.165, 1.54) is 6.92 Å². The average molecular weight is 303 g/mol. The van der Waals surface area contributed by atoms with Crippen LogP contribution in [0.15, 0.2) is 62.5 Å². The van der Waals surface area contributed by atoms with Gasteiger partial charge in [0, 0.05) is 16.7 Å². The summed E-state index contributed by atoms with van der Waals surface area (Å²) in [5, 5.41) is 11.0. The molecule has 4 nitrogen and oxygen atoms in total. The third-order valence-corrected chi connectivity index (χ3v) is 2.89. The molecule has 0 aliphatic carbocycles. The highest BCUT2D eigenvalue weighted by Crippen LogP contribution is 2.28. The third-order valence-electron chi connectivity index (χ3n) is 2.38. The first-order valence-electron chi connectivity index (χ1n) is 5.86. The summed E-state index contributed by atoms with van der Waals surface area (Å²) in [5.41, 5.74) is 1.87. The van der Waals surface area contributed by atoms with E-state index in [1.807, 2.05) is 18.2 Å². The van der Waals surface area contributed by atoms with E-state index in [9.17, 15) is 4.79 Å². The maximum atomic E-state index is 11.1. The van der Waals surface area contributed by atoms with Gasteiger partial charge in [-0.15, -0.1) is 30.4 Å². The first kappa shape index (κ1) is 14.6. The summed E-state index contributed by atoms with van der Waals surface area (Å²) < 4.78 is 0. The zero-order chi connectivity index (χ0) is 14.5. The summed E-state index contributed by atoms with van der Waals surface area (Å²) in [5.74, 6) is -0.150. The lowest BCUT2D eigenvalue weighted by Gasteiger charge is -2.04. The van der Waals surface area contributed by atoms with E-state index < -0.39 is 0 Å². The van der Waals surface area contributed by atoms with Crippen molar-refractivity contribution in [1.29, 1.82) is 0 Å². The minimum atomic E-state index is -0.150. The van der Waals surface area contributed by atoms with Crippen LogP contribution in [0.5, 0.6) is 0 Å². The summed E-state index contributed by atoms with van der Waals surface area (Å²) in [6.45, 7) is 1.45. The van der Waals surface area contributed by atoms with Gasteiger partial charge in [0.2, 0.25) is 5.91 Å². The summed E-state index contributed by atoms with van der Waals surface area (Å²) >= 11 is 8.52. The van der Waals surface area contributed by atoms with Crippen molar-refractivity contribution in [2.75, 3.05) is 5.32 Å². The van der Waals surface area contributed by atoms with Crippen LogP contribution in [0.2, 0.25) is 0 Å². The second-order valence-corrected chi connectivity index (χ2v) is 5.14. The number of carbonyl (C=O) groups excluding carboxylic acids is 1. The molecule has 20 heavy (non-hydrogen) atoms. The second kappa shape index (κ2) is 6.58. The fourth-order valence-corrected chi connectivity index (χ4v) is 2.25. The molecule has 0 unspecified atom stereocenters. The number of hydrogen-bond acceptors (Lipinski definition) is 5. The largest absolute Gasteiger partial charge is 0.324 e. The normalized spacial score (nSPS) is 10.8. The smallest absolute Gasteiger partial charge is 0.221 e. The standard InChI is InChI=1S/C14H13N3OS2/c1-9(18)15-13-4-2-3-5-14(13)17-16-10-6-11(19)8-12(20)7-10/h2-8,19-20H,1H3,(H,15,18). The van der Waals surface area contributed by atoms with E-state index in [2.05, 4.69) is 40.8 Å². The van der Waals surface area contributed by atoms with Crippen LogP contribution in [0.1, 0.15) is 6.92 Å². The zero-order valence-electron chi connectivity index (χ0n) is 10.7. The highest BCUT2D eigenvalue weighted by molar-refractivity contribution is 7.81. The second-order valence-electron chi connectivity index (χ2n) is 4.11. The number of hydrogen-bond donors (Lipinski definition) is 3. The van der Waals surface area contributed by atoms with Gasteiger partial charge < -0.3 is 5.32 Å². The Kier molecular flexibility index (Phi) is 4.81. The van der Waals surface area contributed by atoms with Gasteiger partial charge in [-0.05, 0) is 30.3 Å². The lowest BCUT2D eigenvalue weighted by atomic mass is 10.2. The lowest BCUT2D eigenvalue weighted by Crippen LogP contribution is -2.05. The molecule has 0 spiro atoms. The van der Waals surface area contributed by atoms with E-state index in [1.54, 1.807) is 24.3 Å². The van der Waals surface area contributed by atoms with E-state index in [-0.39, 0.29) is 5.91 Å². The number of carbonyl (C=O) groups is 1. The topological polar surface area (TPSA) is 53.8 Å². The Bertz CT molecular complexity index is 651. The fraction of sp³-hybridized carbons (Fsp3) is 0.0714. The number of rotatable bonds is 3. The summed E-state index contributed by atoms with van der Waals surface area (Å²) in [6, 6.07) is 12.6. The molecule has 0 heterocycles. The first-order valence-corrected chi connectivity index (χ1v) is 6.75. The van der Waals surface area contributed by atoms with Crippen molar-refractivity contribution < 1.29 is 4.79 Å². The van der Waals surface area contributed by atoms with Crippen LogP contribution in [0.3, 0.4) is 0 Å². The molecule has 0 atom stereocenters. The Morgan fingerprint density at radius 2 is 1.70 bits per heavy atom. The zero-order valence-corrected chi connectivity index (χ0v) is 12.5. The van der Waals surface area contributed by atoms with Crippen LogP contribution in [-0.2, 0) is 4.79 Å². The number of anilines is 1. The molecule has 0 aromatic heterocycles. The number of azo groups is 1. The van der Waals surface area contributed by atoms with Gasteiger partial charge in [0.25, 0.3) is 0 Å². The quantitative estimate of drug-likeness (QED) is 0.561. The molecule has 2 rings (SSSR count). The van der Waals surface area contributed by atoms with Crippen molar-refractivity contribution >= 4 is 48.2 Å². The molecule has 102 valence electrons. The van der Waals surface area contributed by atoms with Gasteiger partial charge in [-0.2, -0.15) is 5.11 Å². The minimum Gasteiger partial charge on any atom is -0.324 e. The van der Waals surface area contributed by atoms with Gasteiger partial charge in [-0.3, -0.25) is 4.79 Å². The van der Waals surface area contributed by atoms with Gasteiger partial charge in [0.1, 0.15) is 5.69 Å². The van der Waals surface area contributed by atoms with Crippen molar-refractivity contribution in [3.8, 4) is 0 Å². The van der Waals surface area contributed by atoms with E-state index >= 15 is 0 Å². The van der Waals surface area contributed by atoms with Gasteiger partial charge in [0.05, 0.1) is 11.4 Å². The highest BCUT2D eigenvalue weighted by atomic mass is 32.1. The predicted molar refractivity (Wildman–Crippen MR) is 85.9 cm³/mol. The number of nitrogens with zero attached hydrogens (tertiary/aromatic N) is 2. The van der Waals surface area contributed by atoms with E-state index in [4.69, 9.17) is 0 Å². The monoisotopic (exact) mass is 303 g/mol. The van der Waals surface area contributed by atoms with Gasteiger partial charge in [-0.25, -0.2) is 0 Å². The van der Waals surface area contributed by atoms with Crippen molar-refractivity contribution in [2.45, 2.75) is 16.7 Å². The SMILES string of the molecule is CC(=O)Nc1ccccc1N=Nc1cc(S)cc(S)c1. The molecular formula is C14H13N3OS2. The van der Waals surface area contributed by atoms with Crippen LogP contribution in [0, 0.1) is 0 Å². The fourth-order valence-electron chi connectivity index (χ4n) is 1.61. The van der Waals surface area contributed by atoms with Crippen molar-refractivity contribution in [3.05, 3.63) is 42.5 Å². The number of para-hydroxylation sites is 1. The first-order chi connectivity index (χ1) is 9.54. The molecule has 6 heteroatoms. The molecule has 0 aliphatic rings. The Balaban J connectivity index is 2.29. The number of benzene rings is 2. The number of amides is 1. The molecule has 0 saturated carbocycles. The number of thiol groups is 2. The molecule has 1 N–H and O–H groups in total. The maximum Gasteiger partial charge on any atom is 0.221 e. The van der Waals surface area contributed by atoms with E-state index in [0.29, 0.717) is 17.1 Å². The predicted octanol–water partition coefficient (Wildman–Crippen LogP) is 4.64. The van der Waals surface area contributed by atoms with Crippen LogP contribution in [0.4, 0.5) is 17.1 Å². The molecule has 1 amide bonds. The third kappa shape index (κ3) is 4.11. The van der Waals surface area contributed by atoms with Crippen molar-refractivity contribution in [2.24, 2.45) is 10.2 Å². The summed E-state index contributed by atoms with van der Waals surface area (Å²) in [4.78, 5) is 12.7. The van der Waals surface area contributed by atoms with E-state index in [0.717, 1.165) is 9.79 Å². The Morgan fingerprint density at radius 1 is 1.05 bits per heavy atom. The Morgan fingerprint density at radius 3 is 2.35 bits per heavy atom. The average Bonchev–Trinajstić information content (AvgIpc) is 2.36. The maximum absolute atomic E-state index is 11.1. The highest BCUT2D eigenvalue weighted by Gasteiger charge is 2.02. The lowest BCUT2D eigenvalue weighted by molar-refractivity contribution is -0.114. The summed E-state index contributed by atoms with van der Waals surface area (Å²) in [6.07, 6.45) is 0. The number of nitrogens with one attached hydrogen (secondary N) is 1. The molecule has 0 saturated heterocycles.